The predicted octanol–water partition coefficient (Wildman–Crippen LogP) is 2.02. The normalized spacial score (nSPS) is 10.2. The molecule has 1 heterocycles. The number of aromatic nitrogens is 2. The number of hydrazine groups is 1. The molecule has 6 heteroatoms. The lowest BCUT2D eigenvalue weighted by molar-refractivity contribution is 0.415. The molecule has 2 rings (SSSR count). The third-order valence-electron chi connectivity index (χ3n) is 2.18. The molecule has 0 radical (unpaired) electrons. The number of anilines is 1. The van der Waals surface area contributed by atoms with Crippen LogP contribution in [0.4, 0.5) is 5.95 Å². The number of methoxy groups -OCH3 is 1. The van der Waals surface area contributed by atoms with Gasteiger partial charge in [0, 0.05) is 5.56 Å². The summed E-state index contributed by atoms with van der Waals surface area (Å²) in [6.45, 7) is 0. The standard InChI is InChI=1S/C10H11ClN4O/c1-16-9-3-2-6(4-7(9)11)8-5-13-10(14-8)15-12/h2-5H,12H2,1H3,(H2,13,14,15). The Morgan fingerprint density at radius 3 is 2.88 bits per heavy atom. The Morgan fingerprint density at radius 2 is 2.31 bits per heavy atom. The highest BCUT2D eigenvalue weighted by molar-refractivity contribution is 6.32. The number of hydrogen-bond donors (Lipinski definition) is 3. The number of H-pyrrole nitrogens is 1. The fourth-order valence-electron chi connectivity index (χ4n) is 1.38. The van der Waals surface area contributed by atoms with Crippen molar-refractivity contribution >= 4 is 17.5 Å². The number of nitrogen functional groups attached to an aromatic ring is 1. The van der Waals surface area contributed by atoms with E-state index in [1.807, 2.05) is 6.07 Å². The van der Waals surface area contributed by atoms with Gasteiger partial charge in [-0.3, -0.25) is 5.43 Å². The third-order valence-corrected chi connectivity index (χ3v) is 2.47. The van der Waals surface area contributed by atoms with Crippen molar-refractivity contribution in [2.45, 2.75) is 0 Å². The quantitative estimate of drug-likeness (QED) is 0.565. The van der Waals surface area contributed by atoms with Gasteiger partial charge in [0.15, 0.2) is 0 Å². The average molecular weight is 239 g/mol. The van der Waals surface area contributed by atoms with Gasteiger partial charge in [-0.25, -0.2) is 10.8 Å². The zero-order valence-corrected chi connectivity index (χ0v) is 9.38. The summed E-state index contributed by atoms with van der Waals surface area (Å²) in [5.41, 5.74) is 4.18. The van der Waals surface area contributed by atoms with E-state index in [-0.39, 0.29) is 0 Å². The molecule has 1 aromatic carbocycles. The van der Waals surface area contributed by atoms with Gasteiger partial charge in [0.05, 0.1) is 24.0 Å². The number of ether oxygens (including phenoxy) is 1. The molecule has 0 aliphatic heterocycles. The van der Waals surface area contributed by atoms with Gasteiger partial charge in [-0.15, -0.1) is 0 Å². The van der Waals surface area contributed by atoms with Crippen molar-refractivity contribution in [1.29, 1.82) is 0 Å². The molecule has 4 N–H and O–H groups in total. The van der Waals surface area contributed by atoms with Crippen LogP contribution < -0.4 is 16.0 Å². The molecule has 0 saturated carbocycles. The Balaban J connectivity index is 2.37. The average Bonchev–Trinajstić information content (AvgIpc) is 2.77. The van der Waals surface area contributed by atoms with E-state index in [0.717, 1.165) is 11.3 Å². The molecule has 1 aromatic heterocycles. The van der Waals surface area contributed by atoms with E-state index < -0.39 is 0 Å². The van der Waals surface area contributed by atoms with Crippen molar-refractivity contribution in [1.82, 2.24) is 9.97 Å². The maximum atomic E-state index is 6.02. The van der Waals surface area contributed by atoms with Crippen molar-refractivity contribution in [2.75, 3.05) is 12.5 Å². The first-order valence-corrected chi connectivity index (χ1v) is 4.98. The van der Waals surface area contributed by atoms with Crippen LogP contribution in [0, 0.1) is 0 Å². The van der Waals surface area contributed by atoms with Crippen LogP contribution in [-0.2, 0) is 0 Å². The van der Waals surface area contributed by atoms with Crippen LogP contribution >= 0.6 is 11.6 Å². The Kier molecular flexibility index (Phi) is 2.98. The van der Waals surface area contributed by atoms with E-state index in [4.69, 9.17) is 22.2 Å². The van der Waals surface area contributed by atoms with E-state index in [0.29, 0.717) is 16.7 Å². The van der Waals surface area contributed by atoms with E-state index in [1.165, 1.54) is 0 Å². The second-order valence-electron chi connectivity index (χ2n) is 3.14. The number of rotatable bonds is 3. The van der Waals surface area contributed by atoms with Crippen LogP contribution in [0.5, 0.6) is 5.75 Å². The summed E-state index contributed by atoms with van der Waals surface area (Å²) in [6, 6.07) is 5.49. The molecular weight excluding hydrogens is 228 g/mol. The lowest BCUT2D eigenvalue weighted by Crippen LogP contribution is -2.07. The number of nitrogens with zero attached hydrogens (tertiary/aromatic N) is 1. The van der Waals surface area contributed by atoms with Gasteiger partial charge in [-0.1, -0.05) is 11.6 Å². The van der Waals surface area contributed by atoms with Gasteiger partial charge < -0.3 is 9.72 Å². The zero-order valence-electron chi connectivity index (χ0n) is 8.62. The molecule has 0 bridgehead atoms. The van der Waals surface area contributed by atoms with Crippen LogP contribution in [0.15, 0.2) is 24.4 Å². The molecule has 0 aliphatic rings. The predicted molar refractivity (Wildman–Crippen MR) is 63.4 cm³/mol. The van der Waals surface area contributed by atoms with Gasteiger partial charge in [-0.2, -0.15) is 0 Å². The molecule has 5 nitrogen and oxygen atoms in total. The Labute approximate surface area is 97.6 Å². The highest BCUT2D eigenvalue weighted by Crippen LogP contribution is 2.29. The zero-order chi connectivity index (χ0) is 11.5. The molecule has 0 fully saturated rings. The molecule has 2 aromatic rings. The van der Waals surface area contributed by atoms with E-state index in [1.54, 1.807) is 25.4 Å². The van der Waals surface area contributed by atoms with Crippen LogP contribution in [0.2, 0.25) is 5.02 Å². The van der Waals surface area contributed by atoms with Crippen LogP contribution in [0.25, 0.3) is 11.3 Å². The number of nitrogens with one attached hydrogen (secondary N) is 2. The summed E-state index contributed by atoms with van der Waals surface area (Å²) in [4.78, 5) is 7.01. The van der Waals surface area contributed by atoms with E-state index >= 15 is 0 Å². The van der Waals surface area contributed by atoms with Crippen molar-refractivity contribution < 1.29 is 4.74 Å². The molecule has 0 aliphatic carbocycles. The largest absolute Gasteiger partial charge is 0.495 e. The van der Waals surface area contributed by atoms with Gasteiger partial charge in [0.2, 0.25) is 5.95 Å². The summed E-state index contributed by atoms with van der Waals surface area (Å²) >= 11 is 6.02. The minimum absolute atomic E-state index is 0.502. The first kappa shape index (κ1) is 10.8. The Morgan fingerprint density at radius 1 is 1.50 bits per heavy atom. The molecule has 0 saturated heterocycles. The van der Waals surface area contributed by atoms with Crippen LogP contribution in [0.1, 0.15) is 0 Å². The summed E-state index contributed by atoms with van der Waals surface area (Å²) in [6.07, 6.45) is 1.67. The van der Waals surface area contributed by atoms with Crippen molar-refractivity contribution in [3.63, 3.8) is 0 Å². The first-order chi connectivity index (χ1) is 7.74. The summed E-state index contributed by atoms with van der Waals surface area (Å²) in [5, 5.41) is 0.553. The molecule has 16 heavy (non-hydrogen) atoms. The molecule has 0 unspecified atom stereocenters. The number of aromatic amines is 1. The van der Waals surface area contributed by atoms with Gasteiger partial charge in [0.25, 0.3) is 0 Å². The summed E-state index contributed by atoms with van der Waals surface area (Å²) < 4.78 is 5.07. The first-order valence-electron chi connectivity index (χ1n) is 4.60. The molecule has 0 spiro atoms. The van der Waals surface area contributed by atoms with E-state index in [9.17, 15) is 0 Å². The fraction of sp³-hybridized carbons (Fsp3) is 0.100. The molecule has 0 atom stereocenters. The SMILES string of the molecule is COc1ccc(-c2cnc(NN)[nH]2)cc1Cl. The van der Waals surface area contributed by atoms with E-state index in [2.05, 4.69) is 15.4 Å². The van der Waals surface area contributed by atoms with Crippen LogP contribution in [0.3, 0.4) is 0 Å². The summed E-state index contributed by atoms with van der Waals surface area (Å²) in [7, 11) is 1.58. The maximum absolute atomic E-state index is 6.02. The highest BCUT2D eigenvalue weighted by Gasteiger charge is 2.06. The Hall–Kier alpha value is -1.72. The van der Waals surface area contributed by atoms with Crippen molar-refractivity contribution in [2.24, 2.45) is 5.84 Å². The topological polar surface area (TPSA) is 76.0 Å². The van der Waals surface area contributed by atoms with Crippen LogP contribution in [-0.4, -0.2) is 17.1 Å². The number of halogens is 1. The van der Waals surface area contributed by atoms with Gasteiger partial charge >= 0.3 is 0 Å². The van der Waals surface area contributed by atoms with Gasteiger partial charge in [-0.05, 0) is 18.2 Å². The second-order valence-corrected chi connectivity index (χ2v) is 3.55. The fourth-order valence-corrected chi connectivity index (χ4v) is 1.63. The number of imidazole rings is 1. The monoisotopic (exact) mass is 238 g/mol. The lowest BCUT2D eigenvalue weighted by atomic mass is 10.1. The molecular formula is C10H11ClN4O. The van der Waals surface area contributed by atoms with Crippen molar-refractivity contribution in [3.05, 3.63) is 29.4 Å². The minimum Gasteiger partial charge on any atom is -0.495 e. The summed E-state index contributed by atoms with van der Waals surface area (Å²) in [5.74, 6) is 6.37. The lowest BCUT2D eigenvalue weighted by Gasteiger charge is -2.04. The van der Waals surface area contributed by atoms with Gasteiger partial charge in [0.1, 0.15) is 5.75 Å². The van der Waals surface area contributed by atoms with Crippen molar-refractivity contribution in [3.8, 4) is 17.0 Å². The molecule has 0 amide bonds. The number of benzene rings is 1. The Bertz CT molecular complexity index is 497. The third kappa shape index (κ3) is 1.95. The number of hydrogen-bond acceptors (Lipinski definition) is 4. The highest BCUT2D eigenvalue weighted by atomic mass is 35.5. The molecule has 84 valence electrons. The smallest absolute Gasteiger partial charge is 0.215 e. The number of nitrogens with two attached hydrogens (primary N) is 1. The maximum Gasteiger partial charge on any atom is 0.215 e. The second kappa shape index (κ2) is 4.42. The minimum atomic E-state index is 0.502.